The third kappa shape index (κ3) is 4.41. The van der Waals surface area contributed by atoms with Gasteiger partial charge < -0.3 is 9.47 Å². The maximum atomic E-state index is 14.4. The second-order valence-electron chi connectivity index (χ2n) is 9.24. The number of morpholine rings is 1. The van der Waals surface area contributed by atoms with Gasteiger partial charge in [-0.1, -0.05) is 17.7 Å². The van der Waals surface area contributed by atoms with Gasteiger partial charge in [-0.05, 0) is 58.1 Å². The van der Waals surface area contributed by atoms with Crippen LogP contribution in [0.5, 0.6) is 0 Å². The molecule has 0 radical (unpaired) electrons. The number of carbonyl (C=O) groups is 1. The Morgan fingerprint density at radius 2 is 2.07 bits per heavy atom. The van der Waals surface area contributed by atoms with Crippen LogP contribution in [0, 0.1) is 24.1 Å². The summed E-state index contributed by atoms with van der Waals surface area (Å²) in [5, 5.41) is 0. The normalized spacial score (nSPS) is 30.6. The van der Waals surface area contributed by atoms with E-state index in [0.29, 0.717) is 31.7 Å². The van der Waals surface area contributed by atoms with Gasteiger partial charge in [0.2, 0.25) is 0 Å². The summed E-state index contributed by atoms with van der Waals surface area (Å²) in [4.78, 5) is 18.0. The summed E-state index contributed by atoms with van der Waals surface area (Å²) in [5.74, 6) is 0.116. The van der Waals surface area contributed by atoms with Crippen LogP contribution in [0.25, 0.3) is 0 Å². The molecule has 2 aliphatic heterocycles. The number of piperidine rings is 1. The van der Waals surface area contributed by atoms with Crippen LogP contribution in [-0.2, 0) is 20.8 Å². The van der Waals surface area contributed by atoms with Crippen LogP contribution in [0.15, 0.2) is 18.2 Å². The van der Waals surface area contributed by atoms with Gasteiger partial charge in [0.15, 0.2) is 0 Å². The van der Waals surface area contributed by atoms with E-state index in [-0.39, 0.29) is 11.8 Å². The van der Waals surface area contributed by atoms with Gasteiger partial charge in [-0.3, -0.25) is 14.6 Å². The minimum Gasteiger partial charge on any atom is -0.466 e. The van der Waals surface area contributed by atoms with E-state index in [9.17, 15) is 9.18 Å². The molecule has 2 saturated heterocycles. The summed E-state index contributed by atoms with van der Waals surface area (Å²) in [6.45, 7) is 9.98. The third-order valence-electron chi connectivity index (χ3n) is 7.40. The molecule has 0 spiro atoms. The van der Waals surface area contributed by atoms with E-state index < -0.39 is 5.41 Å². The summed E-state index contributed by atoms with van der Waals surface area (Å²) in [7, 11) is 0. The molecule has 1 aromatic carbocycles. The van der Waals surface area contributed by atoms with E-state index >= 15 is 0 Å². The molecule has 4 rings (SSSR count). The quantitative estimate of drug-likeness (QED) is 0.686. The fourth-order valence-corrected chi connectivity index (χ4v) is 5.80. The van der Waals surface area contributed by atoms with Crippen LogP contribution in [-0.4, -0.2) is 67.8 Å². The summed E-state index contributed by atoms with van der Waals surface area (Å²) in [5.41, 5.74) is 1.32. The number of rotatable bonds is 5. The van der Waals surface area contributed by atoms with Gasteiger partial charge in [-0.15, -0.1) is 0 Å². The zero-order valence-corrected chi connectivity index (χ0v) is 18.4. The molecule has 1 aliphatic carbocycles. The van der Waals surface area contributed by atoms with E-state index in [0.717, 1.165) is 69.7 Å². The molecular weight excluding hydrogens is 383 g/mol. The maximum Gasteiger partial charge on any atom is 0.313 e. The summed E-state index contributed by atoms with van der Waals surface area (Å²) >= 11 is 0. The molecule has 166 valence electrons. The number of hydrogen-bond donors (Lipinski definition) is 0. The number of hydrogen-bond acceptors (Lipinski definition) is 5. The second-order valence-corrected chi connectivity index (χ2v) is 9.24. The first-order chi connectivity index (χ1) is 14.5. The molecule has 0 aromatic heterocycles. The van der Waals surface area contributed by atoms with Crippen molar-refractivity contribution in [3.63, 3.8) is 0 Å². The van der Waals surface area contributed by atoms with E-state index in [1.54, 1.807) is 12.1 Å². The fraction of sp³-hybridized carbons (Fsp3) is 0.708. The molecule has 3 atom stereocenters. The van der Waals surface area contributed by atoms with Gasteiger partial charge >= 0.3 is 5.97 Å². The first kappa shape index (κ1) is 21.7. The second kappa shape index (κ2) is 9.33. The molecule has 3 aliphatic rings. The van der Waals surface area contributed by atoms with Crippen molar-refractivity contribution in [3.05, 3.63) is 35.1 Å². The third-order valence-corrected chi connectivity index (χ3v) is 7.40. The van der Waals surface area contributed by atoms with Gasteiger partial charge in [0.25, 0.3) is 0 Å². The molecule has 2 heterocycles. The molecule has 0 bridgehead atoms. The Morgan fingerprint density at radius 1 is 1.27 bits per heavy atom. The lowest BCUT2D eigenvalue weighted by Crippen LogP contribution is -2.58. The van der Waals surface area contributed by atoms with Gasteiger partial charge in [-0.2, -0.15) is 0 Å². The average molecular weight is 419 g/mol. The van der Waals surface area contributed by atoms with Crippen LogP contribution in [0.2, 0.25) is 0 Å². The standard InChI is InChI=1S/C24H35FN2O3/c1-3-30-23(28)24-8-6-21(27-10-12-29-13-11-27)15-20(24)7-9-26(17-24)16-19-14-18(2)4-5-22(19)25/h4-5,14,20-21H,3,6-13,15-17H2,1-2H3/t20-,21-,24-/m1/s1. The van der Waals surface area contributed by atoms with Crippen molar-refractivity contribution >= 4 is 5.97 Å². The molecule has 5 nitrogen and oxygen atoms in total. The smallest absolute Gasteiger partial charge is 0.313 e. The van der Waals surface area contributed by atoms with Crippen molar-refractivity contribution in [2.24, 2.45) is 11.3 Å². The van der Waals surface area contributed by atoms with Gasteiger partial charge in [0.1, 0.15) is 5.82 Å². The molecular formula is C24H35FN2O3. The molecule has 0 amide bonds. The Balaban J connectivity index is 1.50. The highest BCUT2D eigenvalue weighted by atomic mass is 19.1. The van der Waals surface area contributed by atoms with E-state index in [2.05, 4.69) is 9.80 Å². The summed E-state index contributed by atoms with van der Waals surface area (Å²) < 4.78 is 25.5. The number of halogens is 1. The maximum absolute atomic E-state index is 14.4. The zero-order chi connectivity index (χ0) is 21.1. The van der Waals surface area contributed by atoms with Crippen LogP contribution >= 0.6 is 0 Å². The lowest BCUT2D eigenvalue weighted by Gasteiger charge is -2.52. The number of benzene rings is 1. The topological polar surface area (TPSA) is 42.0 Å². The van der Waals surface area contributed by atoms with Crippen LogP contribution in [0.3, 0.4) is 0 Å². The zero-order valence-electron chi connectivity index (χ0n) is 18.4. The molecule has 3 fully saturated rings. The highest BCUT2D eigenvalue weighted by molar-refractivity contribution is 5.78. The number of aryl methyl sites for hydroxylation is 1. The lowest BCUT2D eigenvalue weighted by molar-refractivity contribution is -0.170. The number of likely N-dealkylation sites (tertiary alicyclic amines) is 1. The number of nitrogens with zero attached hydrogens (tertiary/aromatic N) is 2. The molecule has 1 saturated carbocycles. The monoisotopic (exact) mass is 418 g/mol. The van der Waals surface area contributed by atoms with Crippen molar-refractivity contribution in [2.75, 3.05) is 46.0 Å². The van der Waals surface area contributed by atoms with Gasteiger partial charge in [0, 0.05) is 37.8 Å². The first-order valence-electron chi connectivity index (χ1n) is 11.5. The lowest BCUT2D eigenvalue weighted by atomic mass is 9.61. The highest BCUT2D eigenvalue weighted by Crippen LogP contribution is 2.48. The summed E-state index contributed by atoms with van der Waals surface area (Å²) in [6, 6.07) is 5.81. The van der Waals surface area contributed by atoms with Crippen molar-refractivity contribution in [2.45, 2.75) is 52.1 Å². The highest BCUT2D eigenvalue weighted by Gasteiger charge is 2.53. The predicted molar refractivity (Wildman–Crippen MR) is 114 cm³/mol. The van der Waals surface area contributed by atoms with E-state index in [1.807, 2.05) is 19.9 Å². The van der Waals surface area contributed by atoms with Crippen molar-refractivity contribution in [1.29, 1.82) is 0 Å². The predicted octanol–water partition coefficient (Wildman–Crippen LogP) is 3.39. The van der Waals surface area contributed by atoms with E-state index in [1.165, 1.54) is 0 Å². The molecule has 1 aromatic rings. The van der Waals surface area contributed by atoms with Crippen LogP contribution in [0.1, 0.15) is 43.7 Å². The van der Waals surface area contributed by atoms with Gasteiger partial charge in [0.05, 0.1) is 25.2 Å². The van der Waals surface area contributed by atoms with E-state index in [4.69, 9.17) is 9.47 Å². The minimum atomic E-state index is -0.461. The Hall–Kier alpha value is -1.50. The van der Waals surface area contributed by atoms with Crippen molar-refractivity contribution in [3.8, 4) is 0 Å². The number of esters is 1. The Bertz CT molecular complexity index is 752. The largest absolute Gasteiger partial charge is 0.466 e. The fourth-order valence-electron chi connectivity index (χ4n) is 5.80. The SMILES string of the molecule is CCOC(=O)[C@@]12CC[C@@H](N3CCOCC3)C[C@H]1CCN(Cc1cc(C)ccc1F)C2. The number of carbonyl (C=O) groups excluding carboxylic acids is 1. The van der Waals surface area contributed by atoms with Crippen molar-refractivity contribution < 1.29 is 18.7 Å². The Morgan fingerprint density at radius 3 is 2.83 bits per heavy atom. The number of ether oxygens (including phenoxy) is 2. The molecule has 0 N–H and O–H groups in total. The minimum absolute atomic E-state index is 0.0511. The van der Waals surface area contributed by atoms with Crippen LogP contribution in [0.4, 0.5) is 4.39 Å². The Labute approximate surface area is 179 Å². The molecule has 0 unspecified atom stereocenters. The molecule has 6 heteroatoms. The first-order valence-corrected chi connectivity index (χ1v) is 11.5. The van der Waals surface area contributed by atoms with Crippen LogP contribution < -0.4 is 0 Å². The van der Waals surface area contributed by atoms with Crippen molar-refractivity contribution in [1.82, 2.24) is 9.80 Å². The molecule has 30 heavy (non-hydrogen) atoms. The number of fused-ring (bicyclic) bond motifs is 1. The van der Waals surface area contributed by atoms with Gasteiger partial charge in [-0.25, -0.2) is 4.39 Å². The average Bonchev–Trinajstić information content (AvgIpc) is 2.76. The summed E-state index contributed by atoms with van der Waals surface area (Å²) in [6.07, 6.45) is 3.88. The Kier molecular flexibility index (Phi) is 6.75.